The minimum Gasteiger partial charge on any atom is -0.497 e. The Morgan fingerprint density at radius 3 is 2.63 bits per heavy atom. The lowest BCUT2D eigenvalue weighted by atomic mass is 10.1. The van der Waals surface area contributed by atoms with Gasteiger partial charge < -0.3 is 20.1 Å². The van der Waals surface area contributed by atoms with Gasteiger partial charge in [-0.15, -0.1) is 11.8 Å². The molecule has 2 amide bonds. The van der Waals surface area contributed by atoms with Gasteiger partial charge in [0.2, 0.25) is 5.91 Å². The van der Waals surface area contributed by atoms with E-state index in [4.69, 9.17) is 9.47 Å². The first-order valence-electron chi connectivity index (χ1n) is 9.60. The van der Waals surface area contributed by atoms with Gasteiger partial charge in [0, 0.05) is 11.4 Å². The number of methoxy groups -OCH3 is 1. The number of carbonyl (C=O) groups is 3. The summed E-state index contributed by atoms with van der Waals surface area (Å²) >= 11 is 1.43. The lowest BCUT2D eigenvalue weighted by Gasteiger charge is -2.21. The van der Waals surface area contributed by atoms with Crippen LogP contribution in [0.4, 0.5) is 5.69 Å². The second-order valence-electron chi connectivity index (χ2n) is 6.90. The summed E-state index contributed by atoms with van der Waals surface area (Å²) in [5.74, 6) is -0.318. The molecule has 30 heavy (non-hydrogen) atoms. The highest BCUT2D eigenvalue weighted by Gasteiger charge is 2.25. The number of ether oxygens (including phenoxy) is 2. The highest BCUT2D eigenvalue weighted by atomic mass is 32.2. The number of thioether (sulfide) groups is 1. The van der Waals surface area contributed by atoms with Crippen LogP contribution in [0.3, 0.4) is 0 Å². The fourth-order valence-corrected chi connectivity index (χ4v) is 3.81. The van der Waals surface area contributed by atoms with Gasteiger partial charge in [0.15, 0.2) is 6.10 Å². The second kappa shape index (κ2) is 9.67. The topological polar surface area (TPSA) is 93.7 Å². The number of amides is 2. The molecule has 1 heterocycles. The van der Waals surface area contributed by atoms with Gasteiger partial charge in [-0.2, -0.15) is 0 Å². The van der Waals surface area contributed by atoms with Crippen LogP contribution < -0.4 is 15.4 Å². The van der Waals surface area contributed by atoms with Gasteiger partial charge in [0.05, 0.1) is 23.6 Å². The quantitative estimate of drug-likeness (QED) is 0.659. The van der Waals surface area contributed by atoms with E-state index in [0.717, 1.165) is 16.2 Å². The number of benzene rings is 2. The third-order valence-corrected chi connectivity index (χ3v) is 5.85. The van der Waals surface area contributed by atoms with E-state index in [0.29, 0.717) is 18.7 Å². The Labute approximate surface area is 179 Å². The summed E-state index contributed by atoms with van der Waals surface area (Å²) in [6, 6.07) is 12.6. The van der Waals surface area contributed by atoms with Gasteiger partial charge in [-0.05, 0) is 56.2 Å². The van der Waals surface area contributed by atoms with Crippen molar-refractivity contribution in [1.29, 1.82) is 0 Å². The second-order valence-corrected chi connectivity index (χ2v) is 8.28. The zero-order valence-electron chi connectivity index (χ0n) is 17.1. The first kappa shape index (κ1) is 21.7. The van der Waals surface area contributed by atoms with Gasteiger partial charge in [0.25, 0.3) is 5.91 Å². The average Bonchev–Trinajstić information content (AvgIpc) is 2.74. The number of hydrogen-bond acceptors (Lipinski definition) is 6. The van der Waals surface area contributed by atoms with E-state index in [1.807, 2.05) is 31.2 Å². The maximum Gasteiger partial charge on any atom is 0.338 e. The van der Waals surface area contributed by atoms with Gasteiger partial charge in [-0.25, -0.2) is 4.79 Å². The fourth-order valence-electron chi connectivity index (χ4n) is 2.88. The summed E-state index contributed by atoms with van der Waals surface area (Å²) in [6.07, 6.45) is -0.287. The highest BCUT2D eigenvalue weighted by Crippen LogP contribution is 2.36. The molecular weight excluding hydrogens is 404 g/mol. The Kier molecular flexibility index (Phi) is 6.99. The van der Waals surface area contributed by atoms with Crippen molar-refractivity contribution in [2.75, 3.05) is 19.0 Å². The van der Waals surface area contributed by atoms with Crippen LogP contribution in [0.5, 0.6) is 5.75 Å². The van der Waals surface area contributed by atoms with Crippen molar-refractivity contribution in [2.45, 2.75) is 36.5 Å². The van der Waals surface area contributed by atoms with E-state index >= 15 is 0 Å². The number of carbonyl (C=O) groups excluding carboxylic acids is 3. The van der Waals surface area contributed by atoms with Crippen LogP contribution in [-0.4, -0.2) is 42.8 Å². The van der Waals surface area contributed by atoms with Crippen LogP contribution in [0.1, 0.15) is 29.8 Å². The van der Waals surface area contributed by atoms with Crippen LogP contribution in [0.25, 0.3) is 0 Å². The fraction of sp³-hybridized carbons (Fsp3) is 0.318. The Balaban J connectivity index is 1.50. The molecule has 1 aliphatic heterocycles. The Bertz CT molecular complexity index is 945. The van der Waals surface area contributed by atoms with Crippen molar-refractivity contribution < 1.29 is 23.9 Å². The molecule has 0 fully saturated rings. The highest BCUT2D eigenvalue weighted by molar-refractivity contribution is 8.00. The van der Waals surface area contributed by atoms with E-state index in [1.165, 1.54) is 18.7 Å². The van der Waals surface area contributed by atoms with Crippen LogP contribution in [0.15, 0.2) is 47.4 Å². The molecule has 0 radical (unpaired) electrons. The Morgan fingerprint density at radius 1 is 1.20 bits per heavy atom. The predicted molar refractivity (Wildman–Crippen MR) is 115 cm³/mol. The van der Waals surface area contributed by atoms with Crippen LogP contribution in [0, 0.1) is 0 Å². The largest absolute Gasteiger partial charge is 0.497 e. The van der Waals surface area contributed by atoms with E-state index in [2.05, 4.69) is 10.6 Å². The SMILES string of the molecule is COc1ccc(CCNC(=O)[C@H](C)OC(=O)c2ccc3c(c2)NC(=O)[C@@H](C)S3)cc1. The monoisotopic (exact) mass is 428 g/mol. The summed E-state index contributed by atoms with van der Waals surface area (Å²) in [7, 11) is 1.61. The molecule has 0 saturated heterocycles. The van der Waals surface area contributed by atoms with Crippen molar-refractivity contribution in [3.8, 4) is 5.75 Å². The normalized spacial score (nSPS) is 16.1. The molecule has 7 nitrogen and oxygen atoms in total. The van der Waals surface area contributed by atoms with Crippen LogP contribution in [-0.2, 0) is 20.7 Å². The maximum atomic E-state index is 12.4. The third kappa shape index (κ3) is 5.33. The van der Waals surface area contributed by atoms with E-state index in [9.17, 15) is 14.4 Å². The summed E-state index contributed by atoms with van der Waals surface area (Å²) in [4.78, 5) is 37.4. The zero-order valence-corrected chi connectivity index (χ0v) is 17.9. The minimum absolute atomic E-state index is 0.109. The summed E-state index contributed by atoms with van der Waals surface area (Å²) in [5.41, 5.74) is 1.92. The molecule has 0 unspecified atom stereocenters. The molecule has 2 aromatic rings. The molecule has 0 bridgehead atoms. The molecule has 1 aliphatic rings. The zero-order chi connectivity index (χ0) is 21.7. The molecule has 0 saturated carbocycles. The molecule has 2 aromatic carbocycles. The average molecular weight is 429 g/mol. The molecule has 0 spiro atoms. The molecular formula is C22H24N2O5S. The van der Waals surface area contributed by atoms with Crippen LogP contribution >= 0.6 is 11.8 Å². The molecule has 3 rings (SSSR count). The molecule has 2 atom stereocenters. The van der Waals surface area contributed by atoms with Crippen molar-refractivity contribution in [3.63, 3.8) is 0 Å². The molecule has 158 valence electrons. The Hall–Kier alpha value is -3.00. The van der Waals surface area contributed by atoms with Gasteiger partial charge in [-0.1, -0.05) is 12.1 Å². The van der Waals surface area contributed by atoms with Crippen molar-refractivity contribution in [1.82, 2.24) is 5.32 Å². The van der Waals surface area contributed by atoms with E-state index < -0.39 is 12.1 Å². The number of esters is 1. The van der Waals surface area contributed by atoms with Crippen molar-refractivity contribution in [2.24, 2.45) is 0 Å². The first-order chi connectivity index (χ1) is 14.4. The number of nitrogens with one attached hydrogen (secondary N) is 2. The number of fused-ring (bicyclic) bond motifs is 1. The van der Waals surface area contributed by atoms with Crippen molar-refractivity contribution >= 4 is 35.2 Å². The van der Waals surface area contributed by atoms with Gasteiger partial charge >= 0.3 is 5.97 Å². The van der Waals surface area contributed by atoms with Gasteiger partial charge in [-0.3, -0.25) is 9.59 Å². The predicted octanol–water partition coefficient (Wildman–Crippen LogP) is 3.03. The Morgan fingerprint density at radius 2 is 1.93 bits per heavy atom. The first-order valence-corrected chi connectivity index (χ1v) is 10.5. The van der Waals surface area contributed by atoms with Crippen LogP contribution in [0.2, 0.25) is 0 Å². The van der Waals surface area contributed by atoms with E-state index in [-0.39, 0.29) is 22.6 Å². The van der Waals surface area contributed by atoms with E-state index in [1.54, 1.807) is 25.3 Å². The number of rotatable bonds is 7. The van der Waals surface area contributed by atoms with Gasteiger partial charge in [0.1, 0.15) is 5.75 Å². The number of hydrogen-bond donors (Lipinski definition) is 2. The molecule has 2 N–H and O–H groups in total. The molecule has 0 aromatic heterocycles. The molecule has 8 heteroatoms. The molecule has 0 aliphatic carbocycles. The summed E-state index contributed by atoms with van der Waals surface area (Å²) < 4.78 is 10.4. The lowest BCUT2D eigenvalue weighted by molar-refractivity contribution is -0.129. The maximum absolute atomic E-state index is 12.4. The number of anilines is 1. The minimum atomic E-state index is -0.937. The smallest absolute Gasteiger partial charge is 0.338 e. The van der Waals surface area contributed by atoms with Crippen molar-refractivity contribution in [3.05, 3.63) is 53.6 Å². The lowest BCUT2D eigenvalue weighted by Crippen LogP contribution is -2.37. The third-order valence-electron chi connectivity index (χ3n) is 4.67. The standard InChI is InChI=1S/C22H24N2O5S/c1-13(20(25)23-11-10-15-4-7-17(28-3)8-5-15)29-22(27)16-6-9-19-18(12-16)24-21(26)14(2)30-19/h4-9,12-14H,10-11H2,1-3H3,(H,23,25)(H,24,26)/t13-,14+/m0/s1. The summed E-state index contributed by atoms with van der Waals surface area (Å²) in [6.45, 7) is 3.77. The summed E-state index contributed by atoms with van der Waals surface area (Å²) in [5, 5.41) is 5.36.